The molecule has 2 aliphatic heterocycles. The van der Waals surface area contributed by atoms with E-state index in [1.54, 1.807) is 17.4 Å². The van der Waals surface area contributed by atoms with E-state index in [0.717, 1.165) is 6.42 Å². The van der Waals surface area contributed by atoms with Gasteiger partial charge in [-0.15, -0.1) is 0 Å². The number of hydrogen-bond acceptors (Lipinski definition) is 4. The Morgan fingerprint density at radius 1 is 1.30 bits per heavy atom. The third-order valence-electron chi connectivity index (χ3n) is 4.92. The molecule has 2 amide bonds. The molecule has 1 aromatic rings. The summed E-state index contributed by atoms with van der Waals surface area (Å²) in [6.07, 6.45) is 4.79. The number of carbonyl (C=O) groups excluding carboxylic acids is 2. The Balaban J connectivity index is 1.83. The van der Waals surface area contributed by atoms with E-state index in [9.17, 15) is 9.59 Å². The zero-order valence-corrected chi connectivity index (χ0v) is 13.8. The molecule has 0 radical (unpaired) electrons. The normalized spacial score (nSPS) is 25.0. The van der Waals surface area contributed by atoms with Crippen LogP contribution in [0.4, 0.5) is 0 Å². The topological polar surface area (TPSA) is 67.7 Å². The fraction of sp³-hybridized carbons (Fsp3) is 0.688. The minimum Gasteiger partial charge on any atom is -0.378 e. The van der Waals surface area contributed by atoms with Crippen molar-refractivity contribution < 1.29 is 14.3 Å². The summed E-state index contributed by atoms with van der Waals surface area (Å²) in [7, 11) is 0. The third-order valence-corrected chi connectivity index (χ3v) is 4.92. The number of hydrogen-bond donors (Lipinski definition) is 0. The Bertz CT molecular complexity index is 594. The molecule has 0 aliphatic carbocycles. The van der Waals surface area contributed by atoms with Crippen LogP contribution in [-0.4, -0.2) is 69.6 Å². The van der Waals surface area contributed by atoms with Crippen LogP contribution in [0, 0.1) is 0 Å². The highest BCUT2D eigenvalue weighted by Crippen LogP contribution is 2.32. The van der Waals surface area contributed by atoms with Crippen LogP contribution in [0.25, 0.3) is 0 Å². The number of rotatable bonds is 3. The van der Waals surface area contributed by atoms with E-state index in [4.69, 9.17) is 4.74 Å². The molecule has 1 aromatic heterocycles. The molecule has 0 N–H and O–H groups in total. The lowest BCUT2D eigenvalue weighted by atomic mass is 9.96. The zero-order chi connectivity index (χ0) is 16.4. The second kappa shape index (κ2) is 6.31. The molecule has 23 heavy (non-hydrogen) atoms. The summed E-state index contributed by atoms with van der Waals surface area (Å²) in [4.78, 5) is 33.6. The molecule has 0 bridgehead atoms. The Kier molecular flexibility index (Phi) is 4.39. The fourth-order valence-electron chi connectivity index (χ4n) is 3.51. The molecular weight excluding hydrogens is 296 g/mol. The molecule has 126 valence electrons. The van der Waals surface area contributed by atoms with Gasteiger partial charge in [-0.1, -0.05) is 0 Å². The highest BCUT2D eigenvalue weighted by atomic mass is 16.5. The lowest BCUT2D eigenvalue weighted by molar-refractivity contribution is -0.144. The first-order chi connectivity index (χ1) is 11.1. The predicted molar refractivity (Wildman–Crippen MR) is 84.0 cm³/mol. The van der Waals surface area contributed by atoms with Crippen molar-refractivity contribution in [3.05, 3.63) is 18.2 Å². The van der Waals surface area contributed by atoms with Gasteiger partial charge in [-0.25, -0.2) is 4.98 Å². The minimum absolute atomic E-state index is 0.0363. The quantitative estimate of drug-likeness (QED) is 0.824. The van der Waals surface area contributed by atoms with Crippen molar-refractivity contribution in [2.24, 2.45) is 0 Å². The maximum atomic E-state index is 13.0. The van der Waals surface area contributed by atoms with Crippen LogP contribution >= 0.6 is 0 Å². The summed E-state index contributed by atoms with van der Waals surface area (Å²) < 4.78 is 7.14. The maximum absolute atomic E-state index is 13.0. The summed E-state index contributed by atoms with van der Waals surface area (Å²) in [5.74, 6) is -0.0693. The van der Waals surface area contributed by atoms with Crippen molar-refractivity contribution in [2.75, 3.05) is 32.8 Å². The number of nitrogens with zero attached hydrogens (tertiary/aromatic N) is 4. The lowest BCUT2D eigenvalue weighted by Crippen LogP contribution is -2.58. The van der Waals surface area contributed by atoms with E-state index < -0.39 is 5.54 Å². The molecule has 7 heteroatoms. The molecular formula is C16H24N4O3. The fourth-order valence-corrected chi connectivity index (χ4v) is 3.51. The molecule has 1 unspecified atom stereocenters. The number of amides is 2. The van der Waals surface area contributed by atoms with Crippen molar-refractivity contribution in [2.45, 2.75) is 38.8 Å². The van der Waals surface area contributed by atoms with Gasteiger partial charge >= 0.3 is 0 Å². The van der Waals surface area contributed by atoms with Gasteiger partial charge in [-0.05, 0) is 26.7 Å². The summed E-state index contributed by atoms with van der Waals surface area (Å²) in [5, 5.41) is 0. The number of aromatic nitrogens is 2. The van der Waals surface area contributed by atoms with Gasteiger partial charge in [-0.3, -0.25) is 9.59 Å². The van der Waals surface area contributed by atoms with Crippen LogP contribution in [0.1, 0.15) is 37.2 Å². The average molecular weight is 320 g/mol. The molecule has 2 aliphatic rings. The van der Waals surface area contributed by atoms with Crippen LogP contribution in [0.5, 0.6) is 0 Å². The standard InChI is InChI=1S/C16H24N4O3/c1-3-18-12-17-11-13(18)14(21)20-6-4-5-16(20,2)15(22)19-7-9-23-10-8-19/h11-12H,3-10H2,1-2H3. The Labute approximate surface area is 136 Å². The third kappa shape index (κ3) is 2.73. The van der Waals surface area contributed by atoms with Gasteiger partial charge in [0.25, 0.3) is 5.91 Å². The summed E-state index contributed by atoms with van der Waals surface area (Å²) in [6.45, 7) is 7.50. The lowest BCUT2D eigenvalue weighted by Gasteiger charge is -2.39. The number of likely N-dealkylation sites (tertiary alicyclic amines) is 1. The summed E-state index contributed by atoms with van der Waals surface area (Å²) in [6, 6.07) is 0. The van der Waals surface area contributed by atoms with Crippen LogP contribution in [0.15, 0.2) is 12.5 Å². The van der Waals surface area contributed by atoms with Gasteiger partial charge in [0.1, 0.15) is 11.2 Å². The van der Waals surface area contributed by atoms with Crippen LogP contribution < -0.4 is 0 Å². The van der Waals surface area contributed by atoms with Gasteiger partial charge < -0.3 is 19.1 Å². The molecule has 0 saturated carbocycles. The van der Waals surface area contributed by atoms with Crippen molar-refractivity contribution >= 4 is 11.8 Å². The second-order valence-electron chi connectivity index (χ2n) is 6.30. The van der Waals surface area contributed by atoms with E-state index in [1.165, 1.54) is 0 Å². The molecule has 1 atom stereocenters. The Hall–Kier alpha value is -1.89. The van der Waals surface area contributed by atoms with Crippen molar-refractivity contribution in [3.8, 4) is 0 Å². The van der Waals surface area contributed by atoms with Gasteiger partial charge in [0, 0.05) is 26.2 Å². The first-order valence-corrected chi connectivity index (χ1v) is 8.27. The molecule has 3 rings (SSSR count). The minimum atomic E-state index is -0.767. The Morgan fingerprint density at radius 3 is 2.74 bits per heavy atom. The maximum Gasteiger partial charge on any atom is 0.273 e. The van der Waals surface area contributed by atoms with Crippen LogP contribution in [-0.2, 0) is 16.1 Å². The smallest absolute Gasteiger partial charge is 0.273 e. The number of aryl methyl sites for hydroxylation is 1. The molecule has 2 fully saturated rings. The monoisotopic (exact) mass is 320 g/mol. The van der Waals surface area contributed by atoms with E-state index in [-0.39, 0.29) is 11.8 Å². The SMILES string of the molecule is CCn1cncc1C(=O)N1CCCC1(C)C(=O)N1CCOCC1. The summed E-state index contributed by atoms with van der Waals surface area (Å²) in [5.41, 5.74) is -0.215. The zero-order valence-electron chi connectivity index (χ0n) is 13.8. The molecule has 2 saturated heterocycles. The molecule has 0 aromatic carbocycles. The van der Waals surface area contributed by atoms with Crippen molar-refractivity contribution in [1.29, 1.82) is 0 Å². The first kappa shape index (κ1) is 16.0. The van der Waals surface area contributed by atoms with E-state index >= 15 is 0 Å². The highest BCUT2D eigenvalue weighted by Gasteiger charge is 2.48. The number of morpholine rings is 1. The molecule has 3 heterocycles. The molecule has 7 nitrogen and oxygen atoms in total. The number of ether oxygens (including phenoxy) is 1. The predicted octanol–water partition coefficient (Wildman–Crippen LogP) is 0.757. The first-order valence-electron chi connectivity index (χ1n) is 8.27. The largest absolute Gasteiger partial charge is 0.378 e. The van der Waals surface area contributed by atoms with Gasteiger partial charge in [-0.2, -0.15) is 0 Å². The highest BCUT2D eigenvalue weighted by molar-refractivity contribution is 5.98. The van der Waals surface area contributed by atoms with Gasteiger partial charge in [0.2, 0.25) is 5.91 Å². The van der Waals surface area contributed by atoms with Gasteiger partial charge in [0.05, 0.1) is 25.7 Å². The van der Waals surface area contributed by atoms with E-state index in [1.807, 2.05) is 23.3 Å². The van der Waals surface area contributed by atoms with Crippen LogP contribution in [0.3, 0.4) is 0 Å². The summed E-state index contributed by atoms with van der Waals surface area (Å²) >= 11 is 0. The van der Waals surface area contributed by atoms with Gasteiger partial charge in [0.15, 0.2) is 0 Å². The van der Waals surface area contributed by atoms with Crippen molar-refractivity contribution in [1.82, 2.24) is 19.4 Å². The number of carbonyl (C=O) groups is 2. The molecule has 0 spiro atoms. The van der Waals surface area contributed by atoms with E-state index in [0.29, 0.717) is 51.5 Å². The Morgan fingerprint density at radius 2 is 2.04 bits per heavy atom. The average Bonchev–Trinajstić information content (AvgIpc) is 3.21. The second-order valence-corrected chi connectivity index (χ2v) is 6.30. The number of imidazole rings is 1. The van der Waals surface area contributed by atoms with Crippen molar-refractivity contribution in [3.63, 3.8) is 0 Å². The van der Waals surface area contributed by atoms with Crippen LogP contribution in [0.2, 0.25) is 0 Å². The van der Waals surface area contributed by atoms with E-state index in [2.05, 4.69) is 4.98 Å².